The predicted molar refractivity (Wildman–Crippen MR) is 48.3 cm³/mol. The number of rotatable bonds is 3. The molecule has 1 aliphatic heterocycles. The Labute approximate surface area is 86.0 Å². The number of likely N-dealkylation sites (tertiary alicyclic amines) is 1. The Morgan fingerprint density at radius 1 is 1.53 bits per heavy atom. The van der Waals surface area contributed by atoms with Crippen LogP contribution < -0.4 is 0 Å². The fourth-order valence-electron chi connectivity index (χ4n) is 1.91. The van der Waals surface area contributed by atoms with Crippen LogP contribution in [0.1, 0.15) is 12.8 Å². The molecule has 1 saturated heterocycles. The fraction of sp³-hybridized carbons (Fsp3) is 0.500. The molecule has 2 rings (SSSR count). The summed E-state index contributed by atoms with van der Waals surface area (Å²) in [6.07, 6.45) is 5.44. The first kappa shape index (κ1) is 9.71. The van der Waals surface area contributed by atoms with E-state index in [1.807, 2.05) is 0 Å². The molecule has 5 nitrogen and oxygen atoms in total. The molecule has 3 unspecified atom stereocenters. The highest BCUT2D eigenvalue weighted by Gasteiger charge is 2.61. The van der Waals surface area contributed by atoms with Gasteiger partial charge in [0.25, 0.3) is 0 Å². The molecule has 3 atom stereocenters. The van der Waals surface area contributed by atoms with Crippen LogP contribution in [0.25, 0.3) is 0 Å². The van der Waals surface area contributed by atoms with E-state index in [9.17, 15) is 14.4 Å². The van der Waals surface area contributed by atoms with E-state index in [1.54, 1.807) is 0 Å². The molecule has 78 valence electrons. The monoisotopic (exact) mass is 207 g/mol. The maximum atomic E-state index is 11.6. The van der Waals surface area contributed by atoms with Crippen LogP contribution in [0, 0.1) is 24.2 Å². The lowest BCUT2D eigenvalue weighted by molar-refractivity contribution is -0.155. The summed E-state index contributed by atoms with van der Waals surface area (Å²) in [5.41, 5.74) is 0. The van der Waals surface area contributed by atoms with E-state index in [0.29, 0.717) is 6.42 Å². The van der Waals surface area contributed by atoms with E-state index in [4.69, 9.17) is 11.5 Å². The van der Waals surface area contributed by atoms with Gasteiger partial charge in [0.05, 0.1) is 11.8 Å². The summed E-state index contributed by atoms with van der Waals surface area (Å²) in [7, 11) is 0. The minimum atomic E-state index is -1.23. The zero-order chi connectivity index (χ0) is 11.2. The number of carboxylic acid groups (broad SMARTS) is 1. The van der Waals surface area contributed by atoms with E-state index >= 15 is 0 Å². The van der Waals surface area contributed by atoms with Crippen molar-refractivity contribution in [2.24, 2.45) is 11.8 Å². The van der Waals surface area contributed by atoms with Crippen molar-refractivity contribution in [3.63, 3.8) is 0 Å². The molecule has 2 fully saturated rings. The Morgan fingerprint density at radius 2 is 2.07 bits per heavy atom. The number of imide groups is 1. The Morgan fingerprint density at radius 3 is 2.47 bits per heavy atom. The first-order valence-electron chi connectivity index (χ1n) is 4.61. The topological polar surface area (TPSA) is 74.7 Å². The lowest BCUT2D eigenvalue weighted by Crippen LogP contribution is -2.46. The van der Waals surface area contributed by atoms with Gasteiger partial charge >= 0.3 is 5.97 Å². The number of hydrogen-bond donors (Lipinski definition) is 1. The second-order valence-corrected chi connectivity index (χ2v) is 3.76. The third kappa shape index (κ3) is 1.30. The van der Waals surface area contributed by atoms with Gasteiger partial charge in [-0.15, -0.1) is 12.3 Å². The first-order chi connectivity index (χ1) is 7.07. The molecular formula is C10H9NO4. The molecule has 0 bridgehead atoms. The largest absolute Gasteiger partial charge is 0.480 e. The first-order valence-corrected chi connectivity index (χ1v) is 4.61. The highest BCUT2D eigenvalue weighted by atomic mass is 16.4. The molecule has 1 heterocycles. The lowest BCUT2D eigenvalue weighted by Gasteiger charge is -2.22. The molecule has 1 saturated carbocycles. The van der Waals surface area contributed by atoms with Gasteiger partial charge in [0.15, 0.2) is 0 Å². The highest BCUT2D eigenvalue weighted by Crippen LogP contribution is 2.47. The van der Waals surface area contributed by atoms with Gasteiger partial charge in [-0.3, -0.25) is 14.5 Å². The molecule has 1 N–H and O–H groups in total. The molecule has 0 spiro atoms. The Kier molecular flexibility index (Phi) is 2.00. The normalized spacial score (nSPS) is 29.7. The van der Waals surface area contributed by atoms with Gasteiger partial charge in [0, 0.05) is 6.42 Å². The van der Waals surface area contributed by atoms with Gasteiger partial charge in [0.2, 0.25) is 11.8 Å². The standard InChI is InChI=1S/C10H9NO4/c1-2-3-7(10(14)15)11-8(12)5-4-6(5)9(11)13/h1,5-7H,3-4H2,(H,14,15). The van der Waals surface area contributed by atoms with Crippen molar-refractivity contribution in [1.82, 2.24) is 4.90 Å². The Bertz CT molecular complexity index is 375. The maximum Gasteiger partial charge on any atom is 0.327 e. The van der Waals surface area contributed by atoms with Gasteiger partial charge < -0.3 is 5.11 Å². The number of aliphatic carboxylic acids is 1. The van der Waals surface area contributed by atoms with Crippen LogP contribution in [0.5, 0.6) is 0 Å². The van der Waals surface area contributed by atoms with Gasteiger partial charge in [0.1, 0.15) is 6.04 Å². The quantitative estimate of drug-likeness (QED) is 0.498. The fourth-order valence-corrected chi connectivity index (χ4v) is 1.91. The number of carboxylic acids is 1. The molecule has 0 aromatic carbocycles. The van der Waals surface area contributed by atoms with E-state index in [0.717, 1.165) is 4.90 Å². The van der Waals surface area contributed by atoms with Crippen LogP contribution in [0.2, 0.25) is 0 Å². The lowest BCUT2D eigenvalue weighted by atomic mass is 10.1. The number of hydrogen-bond acceptors (Lipinski definition) is 3. The third-order valence-electron chi connectivity index (χ3n) is 2.81. The van der Waals surface area contributed by atoms with E-state index in [1.165, 1.54) is 0 Å². The molecule has 0 radical (unpaired) electrons. The number of carbonyl (C=O) groups is 3. The van der Waals surface area contributed by atoms with E-state index in [-0.39, 0.29) is 30.1 Å². The third-order valence-corrected chi connectivity index (χ3v) is 2.81. The average molecular weight is 207 g/mol. The van der Waals surface area contributed by atoms with Crippen LogP contribution in [0.3, 0.4) is 0 Å². The van der Waals surface area contributed by atoms with E-state index < -0.39 is 12.0 Å². The molecule has 0 aromatic rings. The summed E-state index contributed by atoms with van der Waals surface area (Å²) < 4.78 is 0. The van der Waals surface area contributed by atoms with Crippen LogP contribution in [-0.4, -0.2) is 33.8 Å². The molecule has 2 amide bonds. The van der Waals surface area contributed by atoms with Gasteiger partial charge in [-0.05, 0) is 6.42 Å². The van der Waals surface area contributed by atoms with Crippen molar-refractivity contribution in [1.29, 1.82) is 0 Å². The smallest absolute Gasteiger partial charge is 0.327 e. The van der Waals surface area contributed by atoms with Crippen molar-refractivity contribution in [2.75, 3.05) is 0 Å². The molecule has 15 heavy (non-hydrogen) atoms. The second-order valence-electron chi connectivity index (χ2n) is 3.76. The van der Waals surface area contributed by atoms with Gasteiger partial charge in [-0.25, -0.2) is 4.79 Å². The van der Waals surface area contributed by atoms with Crippen LogP contribution in [-0.2, 0) is 14.4 Å². The molecule has 2 aliphatic rings. The van der Waals surface area contributed by atoms with Crippen molar-refractivity contribution >= 4 is 17.8 Å². The molecule has 1 aliphatic carbocycles. The Hall–Kier alpha value is -1.83. The van der Waals surface area contributed by atoms with Crippen molar-refractivity contribution in [3.8, 4) is 12.3 Å². The zero-order valence-corrected chi connectivity index (χ0v) is 7.84. The number of piperidine rings is 1. The minimum Gasteiger partial charge on any atom is -0.480 e. The van der Waals surface area contributed by atoms with Crippen LogP contribution in [0.15, 0.2) is 0 Å². The summed E-state index contributed by atoms with van der Waals surface area (Å²) in [4.78, 5) is 34.8. The second kappa shape index (κ2) is 3.09. The number of fused-ring (bicyclic) bond motifs is 1. The summed E-state index contributed by atoms with van der Waals surface area (Å²) in [6, 6.07) is -1.19. The van der Waals surface area contributed by atoms with E-state index in [2.05, 4.69) is 5.92 Å². The number of amides is 2. The van der Waals surface area contributed by atoms with Crippen molar-refractivity contribution in [3.05, 3.63) is 0 Å². The summed E-state index contributed by atoms with van der Waals surface area (Å²) in [6.45, 7) is 0. The minimum absolute atomic E-state index is 0.133. The number of carbonyl (C=O) groups excluding carboxylic acids is 2. The van der Waals surface area contributed by atoms with Crippen LogP contribution in [0.4, 0.5) is 0 Å². The zero-order valence-electron chi connectivity index (χ0n) is 7.84. The van der Waals surface area contributed by atoms with Gasteiger partial charge in [-0.2, -0.15) is 0 Å². The number of terminal acetylenes is 1. The number of nitrogens with zero attached hydrogens (tertiary/aromatic N) is 1. The molecular weight excluding hydrogens is 198 g/mol. The Balaban J connectivity index is 2.22. The molecule has 5 heteroatoms. The average Bonchev–Trinajstić information content (AvgIpc) is 2.91. The predicted octanol–water partition coefficient (Wildman–Crippen LogP) is -0.532. The molecule has 0 aromatic heterocycles. The highest BCUT2D eigenvalue weighted by molar-refractivity contribution is 6.11. The SMILES string of the molecule is C#CCC(C(=O)O)N1C(=O)C2CC2C1=O. The van der Waals surface area contributed by atoms with Crippen molar-refractivity contribution < 1.29 is 19.5 Å². The summed E-state index contributed by atoms with van der Waals surface area (Å²) >= 11 is 0. The summed E-state index contributed by atoms with van der Waals surface area (Å²) in [5.74, 6) is -0.381. The maximum absolute atomic E-state index is 11.6. The van der Waals surface area contributed by atoms with Crippen LogP contribution >= 0.6 is 0 Å². The summed E-state index contributed by atoms with van der Waals surface area (Å²) in [5, 5.41) is 8.86. The van der Waals surface area contributed by atoms with Gasteiger partial charge in [-0.1, -0.05) is 0 Å². The van der Waals surface area contributed by atoms with Crippen molar-refractivity contribution in [2.45, 2.75) is 18.9 Å².